The lowest BCUT2D eigenvalue weighted by Gasteiger charge is -2.31. The van der Waals surface area contributed by atoms with Gasteiger partial charge in [-0.2, -0.15) is 0 Å². The molecule has 1 aliphatic rings. The maximum Gasteiger partial charge on any atom is 0.223 e. The zero-order chi connectivity index (χ0) is 12.3. The second-order valence-electron chi connectivity index (χ2n) is 4.13. The first-order valence-electron chi connectivity index (χ1n) is 5.69. The number of hydrogen-bond acceptors (Lipinski definition) is 2. The largest absolute Gasteiger partial charge is 0.489 e. The zero-order valence-electron chi connectivity index (χ0n) is 9.56. The summed E-state index contributed by atoms with van der Waals surface area (Å²) >= 11 is 3.46. The van der Waals surface area contributed by atoms with Crippen molar-refractivity contribution in [3.05, 3.63) is 35.7 Å². The number of halogens is 1. The number of nitrogens with zero attached hydrogens (tertiary/aromatic N) is 1. The van der Waals surface area contributed by atoms with Crippen molar-refractivity contribution in [2.24, 2.45) is 0 Å². The average molecular weight is 297 g/mol. The Morgan fingerprint density at radius 2 is 2.00 bits per heavy atom. The van der Waals surface area contributed by atoms with E-state index >= 15 is 0 Å². The van der Waals surface area contributed by atoms with Gasteiger partial charge in [0.2, 0.25) is 5.91 Å². The maximum atomic E-state index is 11.1. The minimum Gasteiger partial charge on any atom is -0.489 e. The van der Waals surface area contributed by atoms with Crippen LogP contribution in [-0.2, 0) is 4.79 Å². The van der Waals surface area contributed by atoms with Gasteiger partial charge in [-0.25, -0.2) is 0 Å². The van der Waals surface area contributed by atoms with Crippen molar-refractivity contribution < 1.29 is 9.53 Å². The average Bonchev–Trinajstić information content (AvgIpc) is 2.33. The molecule has 1 amide bonds. The molecule has 1 aliphatic heterocycles. The van der Waals surface area contributed by atoms with Crippen molar-refractivity contribution in [2.45, 2.75) is 18.9 Å². The van der Waals surface area contributed by atoms with E-state index in [9.17, 15) is 4.79 Å². The minimum atomic E-state index is -0.0932. The Kier molecular flexibility index (Phi) is 4.05. The second kappa shape index (κ2) is 5.54. The summed E-state index contributed by atoms with van der Waals surface area (Å²) in [6.45, 7) is 4.89. The van der Waals surface area contributed by atoms with Gasteiger partial charge < -0.3 is 9.64 Å². The number of ether oxygens (including phenoxy) is 1. The first kappa shape index (κ1) is 12.4. The molecule has 2 rings (SSSR count). The maximum absolute atomic E-state index is 11.1. The Morgan fingerprint density at radius 3 is 2.59 bits per heavy atom. The highest BCUT2D eigenvalue weighted by molar-refractivity contribution is 9.10. The van der Waals surface area contributed by atoms with Crippen molar-refractivity contribution in [2.75, 3.05) is 13.1 Å². The van der Waals surface area contributed by atoms with Gasteiger partial charge in [0.1, 0.15) is 11.9 Å². The fourth-order valence-corrected chi connectivity index (χ4v) is 2.32. The number of hydrogen-bond donors (Lipinski definition) is 0. The Balaban J connectivity index is 1.90. The normalized spacial score (nSPS) is 16.9. The van der Waals surface area contributed by atoms with E-state index in [1.165, 1.54) is 0 Å². The van der Waals surface area contributed by atoms with Crippen molar-refractivity contribution in [1.29, 1.82) is 0 Å². The third-order valence-electron chi connectivity index (χ3n) is 2.92. The number of piperidine rings is 1. The van der Waals surface area contributed by atoms with Crippen LogP contribution >= 0.6 is 15.9 Å². The van der Waals surface area contributed by atoms with E-state index in [2.05, 4.69) is 22.9 Å². The smallest absolute Gasteiger partial charge is 0.223 e. The lowest BCUT2D eigenvalue weighted by molar-refractivity contribution is -0.128. The zero-order valence-corrected chi connectivity index (χ0v) is 11.1. The van der Waals surface area contributed by atoms with Crippen LogP contribution in [0.15, 0.2) is 28.7 Å². The molecule has 1 radical (unpaired) electrons. The van der Waals surface area contributed by atoms with E-state index in [1.807, 2.05) is 24.3 Å². The number of amides is 1. The molecule has 0 unspecified atom stereocenters. The van der Waals surface area contributed by atoms with Crippen LogP contribution in [-0.4, -0.2) is 30.0 Å². The topological polar surface area (TPSA) is 29.5 Å². The van der Waals surface area contributed by atoms with Crippen LogP contribution < -0.4 is 4.74 Å². The molecule has 17 heavy (non-hydrogen) atoms. The highest BCUT2D eigenvalue weighted by Gasteiger charge is 2.22. The molecule has 1 aromatic carbocycles. The summed E-state index contributed by atoms with van der Waals surface area (Å²) < 4.78 is 6.88. The molecular weight excluding hydrogens is 282 g/mol. The van der Waals surface area contributed by atoms with E-state index in [0.29, 0.717) is 0 Å². The molecule has 0 spiro atoms. The van der Waals surface area contributed by atoms with Crippen LogP contribution in [0.4, 0.5) is 0 Å². The summed E-state index contributed by atoms with van der Waals surface area (Å²) in [5, 5.41) is 0. The number of rotatable bonds is 2. The molecule has 1 fully saturated rings. The Morgan fingerprint density at radius 1 is 1.35 bits per heavy atom. The van der Waals surface area contributed by atoms with Gasteiger partial charge >= 0.3 is 0 Å². The van der Waals surface area contributed by atoms with Gasteiger partial charge in [-0.15, -0.1) is 0 Å². The van der Waals surface area contributed by atoms with E-state index < -0.39 is 0 Å². The molecule has 0 aliphatic carbocycles. The predicted octanol–water partition coefficient (Wildman–Crippen LogP) is 2.65. The molecule has 0 saturated carbocycles. The first-order valence-corrected chi connectivity index (χ1v) is 6.48. The highest BCUT2D eigenvalue weighted by atomic mass is 79.9. The number of para-hydroxylation sites is 1. The summed E-state index contributed by atoms with van der Waals surface area (Å²) in [6, 6.07) is 7.82. The highest BCUT2D eigenvalue weighted by Crippen LogP contribution is 2.27. The Bertz CT molecular complexity index is 400. The van der Waals surface area contributed by atoms with Crippen LogP contribution in [0.2, 0.25) is 0 Å². The summed E-state index contributed by atoms with van der Waals surface area (Å²) in [6.07, 6.45) is 1.91. The van der Waals surface area contributed by atoms with Gasteiger partial charge in [0.15, 0.2) is 0 Å². The van der Waals surface area contributed by atoms with Crippen molar-refractivity contribution >= 4 is 21.8 Å². The van der Waals surface area contributed by atoms with Crippen LogP contribution in [0, 0.1) is 6.92 Å². The van der Waals surface area contributed by atoms with Gasteiger partial charge in [-0.3, -0.25) is 4.79 Å². The lowest BCUT2D eigenvalue weighted by atomic mass is 10.1. The Labute approximate surface area is 110 Å². The number of benzene rings is 1. The third kappa shape index (κ3) is 3.22. The van der Waals surface area contributed by atoms with Crippen LogP contribution in [0.3, 0.4) is 0 Å². The van der Waals surface area contributed by atoms with E-state index in [0.717, 1.165) is 36.2 Å². The molecule has 0 N–H and O–H groups in total. The monoisotopic (exact) mass is 296 g/mol. The van der Waals surface area contributed by atoms with E-state index in [1.54, 1.807) is 4.90 Å². The standard InChI is InChI=1S/C13H15BrNO2/c1-10(16)15-8-6-11(7-9-15)17-13-5-3-2-4-12(13)14/h2-5,11H,1,6-9H2. The number of carbonyl (C=O) groups is 1. The quantitative estimate of drug-likeness (QED) is 0.840. The fraction of sp³-hybridized carbons (Fsp3) is 0.385. The van der Waals surface area contributed by atoms with E-state index in [-0.39, 0.29) is 12.0 Å². The molecule has 1 aromatic rings. The van der Waals surface area contributed by atoms with Crippen molar-refractivity contribution in [1.82, 2.24) is 4.90 Å². The van der Waals surface area contributed by atoms with Crippen LogP contribution in [0.1, 0.15) is 12.8 Å². The summed E-state index contributed by atoms with van der Waals surface area (Å²) in [7, 11) is 0. The number of likely N-dealkylation sites (tertiary alicyclic amines) is 1. The van der Waals surface area contributed by atoms with Crippen molar-refractivity contribution in [3.8, 4) is 5.75 Å². The van der Waals surface area contributed by atoms with Gasteiger partial charge in [0.05, 0.1) is 4.47 Å². The van der Waals surface area contributed by atoms with Gasteiger partial charge in [-0.05, 0) is 28.1 Å². The third-order valence-corrected chi connectivity index (χ3v) is 3.58. The molecular formula is C13H15BrNO2. The second-order valence-corrected chi connectivity index (χ2v) is 4.98. The molecule has 0 atom stereocenters. The molecule has 1 saturated heterocycles. The van der Waals surface area contributed by atoms with Gasteiger partial charge in [-0.1, -0.05) is 12.1 Å². The minimum absolute atomic E-state index is 0.0932. The first-order chi connectivity index (χ1) is 8.16. The summed E-state index contributed by atoms with van der Waals surface area (Å²) in [4.78, 5) is 12.8. The van der Waals surface area contributed by atoms with Gasteiger partial charge in [0.25, 0.3) is 0 Å². The van der Waals surface area contributed by atoms with Gasteiger partial charge in [0, 0.05) is 32.9 Å². The molecule has 1 heterocycles. The van der Waals surface area contributed by atoms with E-state index in [4.69, 9.17) is 4.74 Å². The lowest BCUT2D eigenvalue weighted by Crippen LogP contribution is -2.40. The predicted molar refractivity (Wildman–Crippen MR) is 69.7 cm³/mol. The molecule has 3 nitrogen and oxygen atoms in total. The Hall–Kier alpha value is -1.03. The fourth-order valence-electron chi connectivity index (χ4n) is 1.94. The molecule has 4 heteroatoms. The molecule has 0 bridgehead atoms. The van der Waals surface area contributed by atoms with Crippen molar-refractivity contribution in [3.63, 3.8) is 0 Å². The summed E-state index contributed by atoms with van der Waals surface area (Å²) in [5.74, 6) is 0.774. The molecule has 91 valence electrons. The van der Waals surface area contributed by atoms with Crippen LogP contribution in [0.5, 0.6) is 5.75 Å². The van der Waals surface area contributed by atoms with Crippen LogP contribution in [0.25, 0.3) is 0 Å². The molecule has 0 aromatic heterocycles. The number of carbonyl (C=O) groups excluding carboxylic acids is 1. The summed E-state index contributed by atoms with van der Waals surface area (Å²) in [5.41, 5.74) is 0. The SMILES string of the molecule is [CH2]C(=O)N1CCC(Oc2ccccc2Br)CC1.